The highest BCUT2D eigenvalue weighted by molar-refractivity contribution is 5.80. The van der Waals surface area contributed by atoms with Crippen LogP contribution in [0.5, 0.6) is 5.75 Å². The molecule has 1 aromatic carbocycles. The van der Waals surface area contributed by atoms with Crippen molar-refractivity contribution in [2.75, 3.05) is 14.2 Å². The Kier molecular flexibility index (Phi) is 4.79. The third-order valence-electron chi connectivity index (χ3n) is 2.41. The van der Waals surface area contributed by atoms with Crippen LogP contribution in [-0.4, -0.2) is 26.1 Å². The van der Waals surface area contributed by atoms with E-state index in [0.717, 1.165) is 11.3 Å². The summed E-state index contributed by atoms with van der Waals surface area (Å²) in [6.07, 6.45) is 0. The molecule has 88 valence electrons. The van der Waals surface area contributed by atoms with Crippen LogP contribution >= 0.6 is 0 Å². The minimum atomic E-state index is -0.188. The molecule has 0 aromatic heterocycles. The molecular formula is C12H18N2O2. The van der Waals surface area contributed by atoms with Crippen LogP contribution in [0.4, 0.5) is 0 Å². The largest absolute Gasteiger partial charge is 0.497 e. The fourth-order valence-corrected chi connectivity index (χ4v) is 1.32. The van der Waals surface area contributed by atoms with Crippen molar-refractivity contribution in [3.8, 4) is 5.75 Å². The van der Waals surface area contributed by atoms with Gasteiger partial charge in [0.1, 0.15) is 5.75 Å². The van der Waals surface area contributed by atoms with Crippen LogP contribution in [0.2, 0.25) is 0 Å². The van der Waals surface area contributed by atoms with E-state index in [9.17, 15) is 4.79 Å². The fraction of sp³-hybridized carbons (Fsp3) is 0.417. The summed E-state index contributed by atoms with van der Waals surface area (Å²) in [4.78, 5) is 11.2. The Hall–Kier alpha value is -1.55. The predicted molar refractivity (Wildman–Crippen MR) is 63.4 cm³/mol. The van der Waals surface area contributed by atoms with Crippen molar-refractivity contribution in [2.45, 2.75) is 19.5 Å². The predicted octanol–water partition coefficient (Wildman–Crippen LogP) is 0.919. The number of ether oxygens (including phenoxy) is 1. The first-order valence-corrected chi connectivity index (χ1v) is 5.25. The van der Waals surface area contributed by atoms with Crippen LogP contribution in [-0.2, 0) is 11.3 Å². The molecule has 0 aliphatic rings. The van der Waals surface area contributed by atoms with Crippen molar-refractivity contribution in [1.82, 2.24) is 10.6 Å². The second-order valence-corrected chi connectivity index (χ2v) is 3.56. The lowest BCUT2D eigenvalue weighted by Crippen LogP contribution is -2.40. The summed E-state index contributed by atoms with van der Waals surface area (Å²) in [5.74, 6) is 0.830. The van der Waals surface area contributed by atoms with Gasteiger partial charge in [0.25, 0.3) is 0 Å². The van der Waals surface area contributed by atoms with Gasteiger partial charge < -0.3 is 15.4 Å². The Morgan fingerprint density at radius 2 is 2.00 bits per heavy atom. The third kappa shape index (κ3) is 3.55. The van der Waals surface area contributed by atoms with Crippen LogP contribution in [0, 0.1) is 0 Å². The van der Waals surface area contributed by atoms with Gasteiger partial charge in [0, 0.05) is 13.6 Å². The van der Waals surface area contributed by atoms with E-state index in [0.29, 0.717) is 6.54 Å². The molecule has 1 aromatic rings. The molecule has 1 atom stereocenters. The molecule has 0 fully saturated rings. The van der Waals surface area contributed by atoms with Gasteiger partial charge in [0.15, 0.2) is 0 Å². The number of carbonyl (C=O) groups excluding carboxylic acids is 1. The van der Waals surface area contributed by atoms with E-state index in [-0.39, 0.29) is 11.9 Å². The zero-order chi connectivity index (χ0) is 12.0. The number of nitrogens with one attached hydrogen (secondary N) is 2. The summed E-state index contributed by atoms with van der Waals surface area (Å²) in [6.45, 7) is 2.50. The van der Waals surface area contributed by atoms with Gasteiger partial charge >= 0.3 is 0 Å². The van der Waals surface area contributed by atoms with Crippen LogP contribution in [0.3, 0.4) is 0 Å². The van der Waals surface area contributed by atoms with Gasteiger partial charge in [0.05, 0.1) is 13.2 Å². The summed E-state index contributed by atoms with van der Waals surface area (Å²) in [5, 5.41) is 5.73. The Bertz CT molecular complexity index is 335. The van der Waals surface area contributed by atoms with Gasteiger partial charge in [-0.25, -0.2) is 0 Å². The van der Waals surface area contributed by atoms with E-state index in [1.807, 2.05) is 31.2 Å². The number of carbonyl (C=O) groups is 1. The number of hydrogen-bond donors (Lipinski definition) is 2. The zero-order valence-corrected chi connectivity index (χ0v) is 9.91. The Morgan fingerprint density at radius 3 is 2.50 bits per heavy atom. The number of rotatable bonds is 5. The normalized spacial score (nSPS) is 11.9. The van der Waals surface area contributed by atoms with Gasteiger partial charge in [-0.2, -0.15) is 0 Å². The second kappa shape index (κ2) is 6.12. The molecule has 4 nitrogen and oxygen atoms in total. The van der Waals surface area contributed by atoms with Gasteiger partial charge in [0.2, 0.25) is 5.91 Å². The SMILES string of the molecule is CNC(=O)C(C)NCc1ccc(OC)cc1. The number of benzene rings is 1. The number of amides is 1. The molecule has 2 N–H and O–H groups in total. The van der Waals surface area contributed by atoms with E-state index in [2.05, 4.69) is 10.6 Å². The second-order valence-electron chi connectivity index (χ2n) is 3.56. The van der Waals surface area contributed by atoms with E-state index in [1.54, 1.807) is 14.2 Å². The number of likely N-dealkylation sites (N-methyl/N-ethyl adjacent to an activating group) is 1. The summed E-state index contributed by atoms with van der Waals surface area (Å²) < 4.78 is 5.07. The van der Waals surface area contributed by atoms with Crippen molar-refractivity contribution < 1.29 is 9.53 Å². The molecule has 0 saturated carbocycles. The first kappa shape index (κ1) is 12.5. The molecule has 0 spiro atoms. The average Bonchev–Trinajstić information content (AvgIpc) is 2.35. The molecule has 0 aliphatic carbocycles. The van der Waals surface area contributed by atoms with Gasteiger partial charge in [-0.1, -0.05) is 12.1 Å². The van der Waals surface area contributed by atoms with E-state index in [4.69, 9.17) is 4.74 Å². The highest BCUT2D eigenvalue weighted by atomic mass is 16.5. The molecule has 16 heavy (non-hydrogen) atoms. The molecular weight excluding hydrogens is 204 g/mol. The van der Waals surface area contributed by atoms with Gasteiger partial charge in [-0.05, 0) is 24.6 Å². The minimum Gasteiger partial charge on any atom is -0.497 e. The van der Waals surface area contributed by atoms with E-state index >= 15 is 0 Å². The summed E-state index contributed by atoms with van der Waals surface area (Å²) in [6, 6.07) is 7.57. The highest BCUT2D eigenvalue weighted by Crippen LogP contribution is 2.10. The van der Waals surface area contributed by atoms with E-state index < -0.39 is 0 Å². The zero-order valence-electron chi connectivity index (χ0n) is 9.91. The lowest BCUT2D eigenvalue weighted by molar-refractivity contribution is -0.122. The quantitative estimate of drug-likeness (QED) is 0.779. The van der Waals surface area contributed by atoms with Crippen molar-refractivity contribution in [3.63, 3.8) is 0 Å². The van der Waals surface area contributed by atoms with Gasteiger partial charge in [-0.15, -0.1) is 0 Å². The third-order valence-corrected chi connectivity index (χ3v) is 2.41. The maximum atomic E-state index is 11.2. The topological polar surface area (TPSA) is 50.4 Å². The Balaban J connectivity index is 2.45. The lowest BCUT2D eigenvalue weighted by Gasteiger charge is -2.12. The molecule has 0 saturated heterocycles. The molecule has 0 radical (unpaired) electrons. The number of hydrogen-bond acceptors (Lipinski definition) is 3. The van der Waals surface area contributed by atoms with Crippen molar-refractivity contribution in [3.05, 3.63) is 29.8 Å². The van der Waals surface area contributed by atoms with Gasteiger partial charge in [-0.3, -0.25) is 4.79 Å². The van der Waals surface area contributed by atoms with Crippen LogP contribution in [0.15, 0.2) is 24.3 Å². The summed E-state index contributed by atoms with van der Waals surface area (Å²) >= 11 is 0. The van der Waals surface area contributed by atoms with Crippen molar-refractivity contribution in [1.29, 1.82) is 0 Å². The first-order valence-electron chi connectivity index (χ1n) is 5.25. The molecule has 1 unspecified atom stereocenters. The maximum absolute atomic E-state index is 11.2. The average molecular weight is 222 g/mol. The lowest BCUT2D eigenvalue weighted by atomic mass is 10.2. The van der Waals surface area contributed by atoms with Crippen LogP contribution < -0.4 is 15.4 Å². The molecule has 0 aliphatic heterocycles. The summed E-state index contributed by atoms with van der Waals surface area (Å²) in [7, 11) is 3.27. The summed E-state index contributed by atoms with van der Waals surface area (Å²) in [5.41, 5.74) is 1.12. The first-order chi connectivity index (χ1) is 7.67. The minimum absolute atomic E-state index is 0.00601. The molecule has 0 bridgehead atoms. The van der Waals surface area contributed by atoms with Crippen LogP contribution in [0.1, 0.15) is 12.5 Å². The number of methoxy groups -OCH3 is 1. The van der Waals surface area contributed by atoms with Crippen molar-refractivity contribution in [2.24, 2.45) is 0 Å². The fourth-order valence-electron chi connectivity index (χ4n) is 1.32. The highest BCUT2D eigenvalue weighted by Gasteiger charge is 2.09. The van der Waals surface area contributed by atoms with E-state index in [1.165, 1.54) is 0 Å². The standard InChI is InChI=1S/C12H18N2O2/c1-9(12(15)13-2)14-8-10-4-6-11(16-3)7-5-10/h4-7,9,14H,8H2,1-3H3,(H,13,15). The molecule has 1 rings (SSSR count). The molecule has 4 heteroatoms. The monoisotopic (exact) mass is 222 g/mol. The van der Waals surface area contributed by atoms with Crippen LogP contribution in [0.25, 0.3) is 0 Å². The maximum Gasteiger partial charge on any atom is 0.236 e. The molecule has 1 amide bonds. The molecule has 0 heterocycles. The Labute approximate surface area is 96.0 Å². The smallest absolute Gasteiger partial charge is 0.236 e. The van der Waals surface area contributed by atoms with Crippen molar-refractivity contribution >= 4 is 5.91 Å². The Morgan fingerprint density at radius 1 is 1.38 bits per heavy atom.